The van der Waals surface area contributed by atoms with E-state index in [9.17, 15) is 4.79 Å². The van der Waals surface area contributed by atoms with Gasteiger partial charge in [-0.05, 0) is 72.8 Å². The molecule has 0 spiro atoms. The van der Waals surface area contributed by atoms with E-state index in [1.54, 1.807) is 0 Å². The largest absolute Gasteiger partial charge is 0.361 e. The van der Waals surface area contributed by atoms with Gasteiger partial charge in [-0.2, -0.15) is 0 Å². The minimum absolute atomic E-state index is 0.0166. The van der Waals surface area contributed by atoms with Crippen molar-refractivity contribution in [2.75, 3.05) is 13.6 Å². The number of nitrogens with one attached hydrogen (secondary N) is 2. The van der Waals surface area contributed by atoms with Crippen LogP contribution in [-0.4, -0.2) is 35.4 Å². The maximum absolute atomic E-state index is 12.5. The third-order valence-electron chi connectivity index (χ3n) is 5.35. The molecule has 4 nitrogen and oxygen atoms in total. The van der Waals surface area contributed by atoms with E-state index in [2.05, 4.69) is 63.7 Å². The van der Waals surface area contributed by atoms with Crippen molar-refractivity contribution in [1.29, 1.82) is 0 Å². The van der Waals surface area contributed by atoms with Crippen LogP contribution in [0.4, 0.5) is 0 Å². The SMILES string of the molecule is CN1CCCCC1C(=O)NCc1cccc(-c2ccc3[nH]ccc3c2)c1. The Morgan fingerprint density at radius 1 is 1.15 bits per heavy atom. The van der Waals surface area contributed by atoms with Crippen molar-refractivity contribution in [2.45, 2.75) is 31.8 Å². The molecule has 0 saturated carbocycles. The zero-order valence-corrected chi connectivity index (χ0v) is 15.2. The van der Waals surface area contributed by atoms with Crippen LogP contribution < -0.4 is 5.32 Å². The Kier molecular flexibility index (Phi) is 4.76. The molecule has 134 valence electrons. The number of hydrogen-bond donors (Lipinski definition) is 2. The molecule has 3 aromatic rings. The topological polar surface area (TPSA) is 48.1 Å². The first kappa shape index (κ1) is 16.9. The van der Waals surface area contributed by atoms with E-state index in [1.165, 1.54) is 22.9 Å². The maximum atomic E-state index is 12.5. The molecule has 1 aliphatic rings. The fraction of sp³-hybridized carbons (Fsp3) is 0.318. The van der Waals surface area contributed by atoms with Crippen LogP contribution in [0.3, 0.4) is 0 Å². The van der Waals surface area contributed by atoms with Crippen LogP contribution in [0, 0.1) is 0 Å². The highest BCUT2D eigenvalue weighted by Gasteiger charge is 2.25. The molecule has 2 N–H and O–H groups in total. The molecule has 0 aliphatic carbocycles. The van der Waals surface area contributed by atoms with Crippen LogP contribution >= 0.6 is 0 Å². The van der Waals surface area contributed by atoms with Crippen LogP contribution in [0.5, 0.6) is 0 Å². The van der Waals surface area contributed by atoms with Crippen molar-refractivity contribution >= 4 is 16.8 Å². The Morgan fingerprint density at radius 2 is 2.04 bits per heavy atom. The Morgan fingerprint density at radius 3 is 2.92 bits per heavy atom. The molecule has 26 heavy (non-hydrogen) atoms. The van der Waals surface area contributed by atoms with Gasteiger partial charge < -0.3 is 10.3 Å². The molecular weight excluding hydrogens is 322 g/mol. The zero-order valence-electron chi connectivity index (χ0n) is 15.2. The number of aromatic nitrogens is 1. The lowest BCUT2D eigenvalue weighted by molar-refractivity contribution is -0.127. The maximum Gasteiger partial charge on any atom is 0.237 e. The number of piperidine rings is 1. The number of likely N-dealkylation sites (N-methyl/N-ethyl adjacent to an activating group) is 1. The fourth-order valence-electron chi connectivity index (χ4n) is 3.81. The number of nitrogens with zero attached hydrogens (tertiary/aromatic N) is 1. The summed E-state index contributed by atoms with van der Waals surface area (Å²) >= 11 is 0. The van der Waals surface area contributed by atoms with Crippen molar-refractivity contribution < 1.29 is 4.79 Å². The number of carbonyl (C=O) groups is 1. The molecule has 1 fully saturated rings. The second-order valence-electron chi connectivity index (χ2n) is 7.19. The number of rotatable bonds is 4. The minimum Gasteiger partial charge on any atom is -0.361 e. The van der Waals surface area contributed by atoms with Gasteiger partial charge >= 0.3 is 0 Å². The van der Waals surface area contributed by atoms with E-state index in [4.69, 9.17) is 0 Å². The fourth-order valence-corrected chi connectivity index (χ4v) is 3.81. The van der Waals surface area contributed by atoms with Gasteiger partial charge in [0.1, 0.15) is 0 Å². The van der Waals surface area contributed by atoms with Crippen molar-refractivity contribution in [3.63, 3.8) is 0 Å². The van der Waals surface area contributed by atoms with Gasteiger partial charge in [0.25, 0.3) is 0 Å². The number of carbonyl (C=O) groups excluding carboxylic acids is 1. The highest BCUT2D eigenvalue weighted by Crippen LogP contribution is 2.25. The monoisotopic (exact) mass is 347 g/mol. The van der Waals surface area contributed by atoms with Gasteiger partial charge in [0.15, 0.2) is 0 Å². The first-order chi connectivity index (χ1) is 12.7. The van der Waals surface area contributed by atoms with Crippen molar-refractivity contribution in [3.05, 3.63) is 60.3 Å². The smallest absolute Gasteiger partial charge is 0.237 e. The number of likely N-dealkylation sites (tertiary alicyclic amines) is 1. The first-order valence-electron chi connectivity index (χ1n) is 9.35. The highest BCUT2D eigenvalue weighted by atomic mass is 16.2. The number of aromatic amines is 1. The van der Waals surface area contributed by atoms with E-state index in [0.29, 0.717) is 6.54 Å². The minimum atomic E-state index is 0.0166. The molecule has 2 heterocycles. The molecule has 1 aliphatic heterocycles. The molecule has 1 aromatic heterocycles. The lowest BCUT2D eigenvalue weighted by Crippen LogP contribution is -2.47. The predicted octanol–water partition coefficient (Wildman–Crippen LogP) is 3.94. The molecule has 1 amide bonds. The molecule has 2 aromatic carbocycles. The first-order valence-corrected chi connectivity index (χ1v) is 9.35. The molecule has 1 saturated heterocycles. The normalized spacial score (nSPS) is 18.1. The number of fused-ring (bicyclic) bond motifs is 1. The van der Waals surface area contributed by atoms with Crippen LogP contribution in [-0.2, 0) is 11.3 Å². The van der Waals surface area contributed by atoms with Gasteiger partial charge in [-0.25, -0.2) is 0 Å². The van der Waals surface area contributed by atoms with Gasteiger partial charge in [0.2, 0.25) is 5.91 Å². The van der Waals surface area contributed by atoms with Crippen molar-refractivity contribution in [1.82, 2.24) is 15.2 Å². The van der Waals surface area contributed by atoms with Crippen LogP contribution in [0.1, 0.15) is 24.8 Å². The quantitative estimate of drug-likeness (QED) is 0.751. The third kappa shape index (κ3) is 3.51. The Labute approximate surface area is 154 Å². The summed E-state index contributed by atoms with van der Waals surface area (Å²) < 4.78 is 0. The van der Waals surface area contributed by atoms with E-state index < -0.39 is 0 Å². The molecule has 1 unspecified atom stereocenters. The lowest BCUT2D eigenvalue weighted by atomic mass is 10.0. The Bertz CT molecular complexity index is 914. The zero-order chi connectivity index (χ0) is 17.9. The van der Waals surface area contributed by atoms with Crippen molar-refractivity contribution in [2.24, 2.45) is 0 Å². The highest BCUT2D eigenvalue weighted by molar-refractivity contribution is 5.85. The Balaban J connectivity index is 1.46. The second-order valence-corrected chi connectivity index (χ2v) is 7.19. The van der Waals surface area contributed by atoms with Crippen LogP contribution in [0.15, 0.2) is 54.7 Å². The summed E-state index contributed by atoms with van der Waals surface area (Å²) in [6.45, 7) is 1.58. The van der Waals surface area contributed by atoms with Gasteiger partial charge in [-0.15, -0.1) is 0 Å². The van der Waals surface area contributed by atoms with E-state index >= 15 is 0 Å². The number of H-pyrrole nitrogens is 1. The standard InChI is InChI=1S/C22H25N3O/c1-25-12-3-2-7-21(25)22(26)24-15-16-5-4-6-17(13-16)18-8-9-20-19(14-18)10-11-23-20/h4-6,8-11,13-14,21,23H,2-3,7,12,15H2,1H3,(H,24,26). The average Bonchev–Trinajstić information content (AvgIpc) is 3.14. The number of amides is 1. The van der Waals surface area contributed by atoms with Gasteiger partial charge in [-0.1, -0.05) is 30.7 Å². The number of benzene rings is 2. The van der Waals surface area contributed by atoms with Gasteiger partial charge in [0, 0.05) is 18.3 Å². The molecule has 1 atom stereocenters. The summed E-state index contributed by atoms with van der Waals surface area (Å²) in [6.07, 6.45) is 5.25. The summed E-state index contributed by atoms with van der Waals surface area (Å²) in [4.78, 5) is 17.9. The lowest BCUT2D eigenvalue weighted by Gasteiger charge is -2.31. The summed E-state index contributed by atoms with van der Waals surface area (Å²) in [5.41, 5.74) is 4.64. The summed E-state index contributed by atoms with van der Waals surface area (Å²) in [6, 6.07) is 17.0. The summed E-state index contributed by atoms with van der Waals surface area (Å²) in [5.74, 6) is 0.145. The average molecular weight is 347 g/mol. The van der Waals surface area contributed by atoms with Gasteiger partial charge in [0.05, 0.1) is 6.04 Å². The number of hydrogen-bond acceptors (Lipinski definition) is 2. The molecule has 4 rings (SSSR count). The van der Waals surface area contributed by atoms with Gasteiger partial charge in [-0.3, -0.25) is 9.69 Å². The summed E-state index contributed by atoms with van der Waals surface area (Å²) in [5, 5.41) is 4.33. The van der Waals surface area contributed by atoms with Crippen LogP contribution in [0.2, 0.25) is 0 Å². The molecular formula is C22H25N3O. The van der Waals surface area contributed by atoms with E-state index in [-0.39, 0.29) is 11.9 Å². The third-order valence-corrected chi connectivity index (χ3v) is 5.35. The molecule has 0 bridgehead atoms. The molecule has 4 heteroatoms. The van der Waals surface area contributed by atoms with E-state index in [1.807, 2.05) is 13.2 Å². The Hall–Kier alpha value is -2.59. The predicted molar refractivity (Wildman–Crippen MR) is 106 cm³/mol. The van der Waals surface area contributed by atoms with Crippen molar-refractivity contribution in [3.8, 4) is 11.1 Å². The molecule has 0 radical (unpaired) electrons. The van der Waals surface area contributed by atoms with Crippen LogP contribution in [0.25, 0.3) is 22.0 Å². The summed E-state index contributed by atoms with van der Waals surface area (Å²) in [7, 11) is 2.04. The van der Waals surface area contributed by atoms with E-state index in [0.717, 1.165) is 30.5 Å². The second kappa shape index (κ2) is 7.34.